The van der Waals surface area contributed by atoms with E-state index >= 15 is 0 Å². The Bertz CT molecular complexity index is 1440. The van der Waals surface area contributed by atoms with E-state index in [0.29, 0.717) is 16.4 Å². The van der Waals surface area contributed by atoms with E-state index in [2.05, 4.69) is 46.8 Å². The number of carbonyl (C=O) groups is 1. The van der Waals surface area contributed by atoms with Gasteiger partial charge in [0.15, 0.2) is 5.69 Å². The van der Waals surface area contributed by atoms with Crippen molar-refractivity contribution in [1.82, 2.24) is 9.78 Å². The third-order valence-corrected chi connectivity index (χ3v) is 5.59. The number of aromatic nitrogens is 2. The molecule has 4 aromatic carbocycles. The number of benzene rings is 4. The summed E-state index contributed by atoms with van der Waals surface area (Å²) in [5.41, 5.74) is 4.86. The lowest BCUT2D eigenvalue weighted by Gasteiger charge is -2.09. The average molecular weight is 438 g/mol. The molecule has 1 amide bonds. The molecule has 0 radical (unpaired) electrons. The number of carbonyl (C=O) groups excluding carboxylic acids is 1. The van der Waals surface area contributed by atoms with Crippen LogP contribution in [0.1, 0.15) is 16.1 Å². The Balaban J connectivity index is 1.60. The number of halogens is 1. The quantitative estimate of drug-likeness (QED) is 0.332. The predicted octanol–water partition coefficient (Wildman–Crippen LogP) is 6.91. The van der Waals surface area contributed by atoms with Crippen molar-refractivity contribution < 1.29 is 4.79 Å². The van der Waals surface area contributed by atoms with Gasteiger partial charge in [-0.25, -0.2) is 4.68 Å². The maximum absolute atomic E-state index is 13.0. The van der Waals surface area contributed by atoms with Crippen LogP contribution in [0.2, 0.25) is 5.02 Å². The van der Waals surface area contributed by atoms with Gasteiger partial charge in [0.1, 0.15) is 0 Å². The van der Waals surface area contributed by atoms with E-state index in [4.69, 9.17) is 11.6 Å². The molecule has 1 N–H and O–H groups in total. The van der Waals surface area contributed by atoms with Crippen LogP contribution in [0.25, 0.3) is 27.7 Å². The zero-order valence-corrected chi connectivity index (χ0v) is 18.2. The summed E-state index contributed by atoms with van der Waals surface area (Å²) in [5.74, 6) is -0.277. The second-order valence-corrected chi connectivity index (χ2v) is 8.13. The van der Waals surface area contributed by atoms with E-state index in [1.807, 2.05) is 48.0 Å². The Labute approximate surface area is 191 Å². The summed E-state index contributed by atoms with van der Waals surface area (Å²) in [6.45, 7) is 2.04. The summed E-state index contributed by atoms with van der Waals surface area (Å²) in [7, 11) is 0. The van der Waals surface area contributed by atoms with Crippen LogP contribution in [-0.2, 0) is 0 Å². The van der Waals surface area contributed by atoms with Crippen LogP contribution in [-0.4, -0.2) is 15.7 Å². The number of hydrogen-bond donors (Lipinski definition) is 1. The molecule has 1 aromatic heterocycles. The molecular formula is C27H20ClN3O. The van der Waals surface area contributed by atoms with Crippen molar-refractivity contribution >= 4 is 34.0 Å². The van der Waals surface area contributed by atoms with Crippen molar-refractivity contribution in [1.29, 1.82) is 0 Å². The molecule has 0 aliphatic carbocycles. The van der Waals surface area contributed by atoms with E-state index in [-0.39, 0.29) is 5.91 Å². The number of nitrogens with one attached hydrogen (secondary N) is 1. The Morgan fingerprint density at radius 3 is 2.41 bits per heavy atom. The summed E-state index contributed by atoms with van der Waals surface area (Å²) in [6, 6.07) is 31.4. The van der Waals surface area contributed by atoms with E-state index < -0.39 is 0 Å². The van der Waals surface area contributed by atoms with Gasteiger partial charge in [0, 0.05) is 16.3 Å². The minimum absolute atomic E-state index is 0.277. The van der Waals surface area contributed by atoms with Crippen molar-refractivity contribution in [2.24, 2.45) is 0 Å². The molecule has 5 aromatic rings. The summed E-state index contributed by atoms with van der Waals surface area (Å²) in [5, 5.41) is 10.5. The molecule has 0 aliphatic heterocycles. The number of amides is 1. The van der Waals surface area contributed by atoms with Crippen molar-refractivity contribution in [3.05, 3.63) is 113 Å². The topological polar surface area (TPSA) is 46.9 Å². The fourth-order valence-electron chi connectivity index (χ4n) is 3.73. The van der Waals surface area contributed by atoms with Crippen molar-refractivity contribution in [2.45, 2.75) is 6.92 Å². The Kier molecular flexibility index (Phi) is 5.21. The van der Waals surface area contributed by atoms with Gasteiger partial charge in [0.05, 0.1) is 11.4 Å². The van der Waals surface area contributed by atoms with Crippen molar-refractivity contribution in [2.75, 3.05) is 5.32 Å². The average Bonchev–Trinajstić information content (AvgIpc) is 3.26. The lowest BCUT2D eigenvalue weighted by atomic mass is 10.0. The molecular weight excluding hydrogens is 418 g/mol. The third kappa shape index (κ3) is 4.01. The maximum atomic E-state index is 13.0. The first-order valence-electron chi connectivity index (χ1n) is 10.3. The van der Waals surface area contributed by atoms with Gasteiger partial charge < -0.3 is 5.32 Å². The van der Waals surface area contributed by atoms with Gasteiger partial charge in [0.25, 0.3) is 5.91 Å². The van der Waals surface area contributed by atoms with Gasteiger partial charge in [-0.2, -0.15) is 5.10 Å². The Morgan fingerprint density at radius 1 is 0.844 bits per heavy atom. The van der Waals surface area contributed by atoms with E-state index in [1.165, 1.54) is 5.39 Å². The van der Waals surface area contributed by atoms with E-state index in [1.54, 1.807) is 24.3 Å². The van der Waals surface area contributed by atoms with Gasteiger partial charge in [-0.15, -0.1) is 0 Å². The number of anilines is 1. The summed E-state index contributed by atoms with van der Waals surface area (Å²) in [6.07, 6.45) is 0. The second kappa shape index (κ2) is 8.33. The fraction of sp³-hybridized carbons (Fsp3) is 0.0370. The molecule has 5 heteroatoms. The molecule has 0 spiro atoms. The Hall–Kier alpha value is -3.89. The molecule has 0 saturated heterocycles. The normalized spacial score (nSPS) is 10.9. The molecule has 0 saturated carbocycles. The molecule has 1 heterocycles. The summed E-state index contributed by atoms with van der Waals surface area (Å²) < 4.78 is 1.83. The van der Waals surface area contributed by atoms with Crippen LogP contribution in [0.5, 0.6) is 0 Å². The van der Waals surface area contributed by atoms with Gasteiger partial charge in [-0.1, -0.05) is 60.1 Å². The number of rotatable bonds is 4. The number of aryl methyl sites for hydroxylation is 1. The first-order chi connectivity index (χ1) is 15.6. The number of fused-ring (bicyclic) bond motifs is 1. The van der Waals surface area contributed by atoms with E-state index in [0.717, 1.165) is 27.9 Å². The molecule has 5 rings (SSSR count). The summed E-state index contributed by atoms with van der Waals surface area (Å²) >= 11 is 5.95. The SMILES string of the molecule is Cc1cccc(-n2nc(C(=O)Nc3ccc(Cl)cc3)cc2-c2ccc3ccccc3c2)c1. The fourth-order valence-corrected chi connectivity index (χ4v) is 3.86. The molecule has 0 unspecified atom stereocenters. The molecule has 32 heavy (non-hydrogen) atoms. The molecule has 4 nitrogen and oxygen atoms in total. The Morgan fingerprint density at radius 2 is 1.62 bits per heavy atom. The minimum atomic E-state index is -0.277. The number of nitrogens with zero attached hydrogens (tertiary/aromatic N) is 2. The lowest BCUT2D eigenvalue weighted by Crippen LogP contribution is -2.13. The van der Waals surface area contributed by atoms with Gasteiger partial charge in [0.2, 0.25) is 0 Å². The van der Waals surface area contributed by atoms with Crippen LogP contribution in [0.15, 0.2) is 97.1 Å². The first kappa shape index (κ1) is 20.0. The van der Waals surface area contributed by atoms with Crippen LogP contribution in [0.4, 0.5) is 5.69 Å². The predicted molar refractivity (Wildman–Crippen MR) is 131 cm³/mol. The standard InChI is InChI=1S/C27H20ClN3O/c1-18-5-4-8-24(15-18)31-26(21-10-9-19-6-2-3-7-20(19)16-21)17-25(30-31)27(32)29-23-13-11-22(28)12-14-23/h2-17H,1H3,(H,29,32). The van der Waals surface area contributed by atoms with Crippen LogP contribution < -0.4 is 5.32 Å². The lowest BCUT2D eigenvalue weighted by molar-refractivity contribution is 0.102. The molecule has 0 fully saturated rings. The van der Waals surface area contributed by atoms with Gasteiger partial charge >= 0.3 is 0 Å². The highest BCUT2D eigenvalue weighted by molar-refractivity contribution is 6.30. The highest BCUT2D eigenvalue weighted by Gasteiger charge is 2.17. The smallest absolute Gasteiger partial charge is 0.276 e. The van der Waals surface area contributed by atoms with Gasteiger partial charge in [-0.05, 0) is 71.8 Å². The van der Waals surface area contributed by atoms with E-state index in [9.17, 15) is 4.79 Å². The second-order valence-electron chi connectivity index (χ2n) is 7.69. The zero-order valence-electron chi connectivity index (χ0n) is 17.4. The first-order valence-corrected chi connectivity index (χ1v) is 10.7. The van der Waals surface area contributed by atoms with Gasteiger partial charge in [-0.3, -0.25) is 4.79 Å². The largest absolute Gasteiger partial charge is 0.321 e. The molecule has 0 aliphatic rings. The van der Waals surface area contributed by atoms with Crippen LogP contribution in [0.3, 0.4) is 0 Å². The summed E-state index contributed by atoms with van der Waals surface area (Å²) in [4.78, 5) is 13.0. The molecule has 156 valence electrons. The number of hydrogen-bond acceptors (Lipinski definition) is 2. The highest BCUT2D eigenvalue weighted by atomic mass is 35.5. The van der Waals surface area contributed by atoms with Crippen molar-refractivity contribution in [3.8, 4) is 16.9 Å². The highest BCUT2D eigenvalue weighted by Crippen LogP contribution is 2.28. The third-order valence-electron chi connectivity index (χ3n) is 5.34. The molecule has 0 bridgehead atoms. The monoisotopic (exact) mass is 437 g/mol. The minimum Gasteiger partial charge on any atom is -0.321 e. The molecule has 0 atom stereocenters. The van der Waals surface area contributed by atoms with Crippen LogP contribution >= 0.6 is 11.6 Å². The van der Waals surface area contributed by atoms with Crippen molar-refractivity contribution in [3.63, 3.8) is 0 Å². The maximum Gasteiger partial charge on any atom is 0.276 e. The van der Waals surface area contributed by atoms with Crippen LogP contribution in [0, 0.1) is 6.92 Å². The zero-order chi connectivity index (χ0) is 22.1.